The molecule has 0 saturated carbocycles. The van der Waals surface area contributed by atoms with Crippen molar-refractivity contribution in [3.05, 3.63) is 52.0 Å². The Kier molecular flexibility index (Phi) is 9.52. The van der Waals surface area contributed by atoms with Gasteiger partial charge in [0, 0.05) is 42.4 Å². The molecule has 0 radical (unpaired) electrons. The molecule has 0 spiro atoms. The molecular weight excluding hydrogens is 406 g/mol. The van der Waals surface area contributed by atoms with E-state index in [9.17, 15) is 0 Å². The molecule has 4 nitrogen and oxygen atoms in total. The first-order valence-corrected chi connectivity index (χ1v) is 11.9. The fraction of sp³-hybridized carbons (Fsp3) is 0.538. The number of ether oxygens (including phenoxy) is 1. The molecule has 31 heavy (non-hydrogen) atoms. The largest absolute Gasteiger partial charge is 0.383 e. The van der Waals surface area contributed by atoms with Crippen molar-refractivity contribution in [2.24, 2.45) is 15.9 Å². The summed E-state index contributed by atoms with van der Waals surface area (Å²) in [6, 6.07) is 0.246. The van der Waals surface area contributed by atoms with E-state index in [1.54, 1.807) is 7.11 Å². The highest BCUT2D eigenvalue weighted by Crippen LogP contribution is 2.36. The summed E-state index contributed by atoms with van der Waals surface area (Å²) in [7, 11) is 1.74. The van der Waals surface area contributed by atoms with Gasteiger partial charge in [-0.05, 0) is 44.2 Å². The van der Waals surface area contributed by atoms with E-state index in [1.165, 1.54) is 5.69 Å². The van der Waals surface area contributed by atoms with Crippen LogP contribution in [-0.2, 0) is 11.2 Å². The minimum Gasteiger partial charge on any atom is -0.383 e. The smallest absolute Gasteiger partial charge is 0.0879 e. The van der Waals surface area contributed by atoms with E-state index in [4.69, 9.17) is 26.3 Å². The molecule has 5 heteroatoms. The van der Waals surface area contributed by atoms with Crippen molar-refractivity contribution in [2.45, 2.75) is 73.8 Å². The summed E-state index contributed by atoms with van der Waals surface area (Å²) in [6.07, 6.45) is 11.0. The molecule has 3 heterocycles. The third-order valence-corrected chi connectivity index (χ3v) is 5.87. The van der Waals surface area contributed by atoms with Gasteiger partial charge in [-0.15, -0.1) is 0 Å². The van der Waals surface area contributed by atoms with Crippen LogP contribution in [0.15, 0.2) is 50.7 Å². The molecule has 0 aromatic carbocycles. The Hall–Kier alpha value is -1.91. The molecule has 3 rings (SSSR count). The van der Waals surface area contributed by atoms with E-state index >= 15 is 0 Å². The SMILES string of the molecule is CC.CCC1=C(C2=Nc3c(C)cn([C@@H](C)COC)c3CC=C2Cl)CC=CC(C(C)C)=N1. The van der Waals surface area contributed by atoms with Gasteiger partial charge in [-0.3, -0.25) is 4.99 Å². The van der Waals surface area contributed by atoms with Crippen LogP contribution in [0.2, 0.25) is 0 Å². The Labute approximate surface area is 193 Å². The number of methoxy groups -OCH3 is 1. The quantitative estimate of drug-likeness (QED) is 0.448. The summed E-state index contributed by atoms with van der Waals surface area (Å²) in [5, 5.41) is 0.712. The molecule has 170 valence electrons. The fourth-order valence-electron chi connectivity index (χ4n) is 3.95. The van der Waals surface area contributed by atoms with Gasteiger partial charge in [-0.25, -0.2) is 4.99 Å². The van der Waals surface area contributed by atoms with Crippen molar-refractivity contribution in [2.75, 3.05) is 13.7 Å². The van der Waals surface area contributed by atoms with Crippen LogP contribution in [-0.4, -0.2) is 29.7 Å². The van der Waals surface area contributed by atoms with Gasteiger partial charge in [0.05, 0.1) is 29.1 Å². The third-order valence-electron chi connectivity index (χ3n) is 5.53. The van der Waals surface area contributed by atoms with Gasteiger partial charge in [-0.1, -0.05) is 58.4 Å². The summed E-state index contributed by atoms with van der Waals surface area (Å²) in [6.45, 7) is 15.5. The van der Waals surface area contributed by atoms with Crippen LogP contribution in [0.1, 0.15) is 71.7 Å². The summed E-state index contributed by atoms with van der Waals surface area (Å²) in [5.41, 5.74) is 7.56. The molecule has 1 aromatic heterocycles. The van der Waals surface area contributed by atoms with Gasteiger partial charge in [-0.2, -0.15) is 0 Å². The van der Waals surface area contributed by atoms with Crippen molar-refractivity contribution in [1.29, 1.82) is 0 Å². The Morgan fingerprint density at radius 1 is 1.16 bits per heavy atom. The van der Waals surface area contributed by atoms with Crippen LogP contribution in [0, 0.1) is 12.8 Å². The summed E-state index contributed by atoms with van der Waals surface area (Å²) >= 11 is 6.78. The average Bonchev–Trinajstić information content (AvgIpc) is 2.90. The molecule has 2 aliphatic rings. The average molecular weight is 444 g/mol. The number of nitrogens with zero attached hydrogens (tertiary/aromatic N) is 3. The van der Waals surface area contributed by atoms with Gasteiger partial charge in [0.1, 0.15) is 0 Å². The Bertz CT molecular complexity index is 929. The van der Waals surface area contributed by atoms with Gasteiger partial charge < -0.3 is 9.30 Å². The molecule has 1 atom stereocenters. The summed E-state index contributed by atoms with van der Waals surface area (Å²) in [5.74, 6) is 0.388. The molecule has 0 saturated heterocycles. The number of rotatable bonds is 6. The number of fused-ring (bicyclic) bond motifs is 1. The van der Waals surface area contributed by atoms with Crippen LogP contribution in [0.5, 0.6) is 0 Å². The molecule has 0 aliphatic carbocycles. The fourth-order valence-corrected chi connectivity index (χ4v) is 4.18. The number of hydrogen-bond acceptors (Lipinski definition) is 3. The Morgan fingerprint density at radius 3 is 2.48 bits per heavy atom. The number of allylic oxidation sites excluding steroid dienone is 6. The Morgan fingerprint density at radius 2 is 1.87 bits per heavy atom. The number of aromatic nitrogens is 1. The van der Waals surface area contributed by atoms with E-state index in [-0.39, 0.29) is 6.04 Å². The van der Waals surface area contributed by atoms with Crippen molar-refractivity contribution in [3.63, 3.8) is 0 Å². The van der Waals surface area contributed by atoms with Gasteiger partial charge in [0.2, 0.25) is 0 Å². The first-order chi connectivity index (χ1) is 14.9. The zero-order valence-corrected chi connectivity index (χ0v) is 21.2. The second-order valence-electron chi connectivity index (χ2n) is 8.11. The second kappa shape index (κ2) is 11.6. The second-order valence-corrected chi connectivity index (χ2v) is 8.52. The lowest BCUT2D eigenvalue weighted by atomic mass is 10.0. The van der Waals surface area contributed by atoms with Crippen LogP contribution in [0.4, 0.5) is 5.69 Å². The van der Waals surface area contributed by atoms with Crippen molar-refractivity contribution >= 4 is 28.7 Å². The van der Waals surface area contributed by atoms with Crippen molar-refractivity contribution < 1.29 is 4.74 Å². The highest BCUT2D eigenvalue weighted by atomic mass is 35.5. The molecule has 0 bridgehead atoms. The lowest BCUT2D eigenvalue weighted by Gasteiger charge is -2.16. The third kappa shape index (κ3) is 5.67. The van der Waals surface area contributed by atoms with Gasteiger partial charge in [0.15, 0.2) is 0 Å². The highest BCUT2D eigenvalue weighted by Gasteiger charge is 2.24. The monoisotopic (exact) mass is 443 g/mol. The number of halogens is 1. The van der Waals surface area contributed by atoms with Crippen LogP contribution in [0.25, 0.3) is 0 Å². The van der Waals surface area contributed by atoms with E-state index < -0.39 is 0 Å². The predicted octanol–water partition coefficient (Wildman–Crippen LogP) is 7.50. The summed E-state index contributed by atoms with van der Waals surface area (Å²) in [4.78, 5) is 10.1. The van der Waals surface area contributed by atoms with E-state index in [2.05, 4.69) is 63.6 Å². The molecule has 0 N–H and O–H groups in total. The van der Waals surface area contributed by atoms with Crippen LogP contribution in [0.3, 0.4) is 0 Å². The van der Waals surface area contributed by atoms with Crippen LogP contribution < -0.4 is 0 Å². The molecular formula is C26H38ClN3O. The Balaban J connectivity index is 0.00000166. The lowest BCUT2D eigenvalue weighted by Crippen LogP contribution is -2.12. The highest BCUT2D eigenvalue weighted by molar-refractivity contribution is 6.46. The topological polar surface area (TPSA) is 38.9 Å². The van der Waals surface area contributed by atoms with Gasteiger partial charge in [0.25, 0.3) is 0 Å². The maximum atomic E-state index is 6.78. The molecule has 0 amide bonds. The van der Waals surface area contributed by atoms with E-state index in [1.807, 2.05) is 13.8 Å². The molecule has 2 aliphatic heterocycles. The van der Waals surface area contributed by atoms with Crippen molar-refractivity contribution in [3.8, 4) is 0 Å². The van der Waals surface area contributed by atoms with E-state index in [0.717, 1.165) is 53.2 Å². The normalized spacial score (nSPS) is 17.2. The molecule has 1 aromatic rings. The summed E-state index contributed by atoms with van der Waals surface area (Å²) < 4.78 is 7.65. The predicted molar refractivity (Wildman–Crippen MR) is 135 cm³/mol. The standard InChI is InChI=1S/C24H32ClN3O.C2H6/c1-7-20-18(9-8-10-21(26-20)15(2)3)24-19(25)11-12-22-23(27-24)16(4)13-28(22)17(5)14-29-6;1-2/h8,10-11,13,15,17H,7,9,12,14H2,1-6H3;1-2H3/t17-;/m0./s1. The first-order valence-electron chi connectivity index (χ1n) is 11.5. The van der Waals surface area contributed by atoms with Gasteiger partial charge >= 0.3 is 0 Å². The number of hydrogen-bond donors (Lipinski definition) is 0. The number of aryl methyl sites for hydroxylation is 1. The van der Waals surface area contributed by atoms with E-state index in [0.29, 0.717) is 17.6 Å². The maximum absolute atomic E-state index is 6.78. The minimum atomic E-state index is 0.246. The number of aliphatic imine (C=N–C) groups is 2. The van der Waals surface area contributed by atoms with Crippen LogP contribution >= 0.6 is 11.6 Å². The molecule has 0 fully saturated rings. The zero-order chi connectivity index (χ0) is 23.1. The minimum absolute atomic E-state index is 0.246. The lowest BCUT2D eigenvalue weighted by molar-refractivity contribution is 0.161. The first kappa shape index (κ1) is 25.4. The van der Waals surface area contributed by atoms with Crippen molar-refractivity contribution in [1.82, 2.24) is 4.57 Å². The molecule has 0 unspecified atom stereocenters. The zero-order valence-electron chi connectivity index (χ0n) is 20.4. The maximum Gasteiger partial charge on any atom is 0.0879 e.